The Morgan fingerprint density at radius 3 is 2.86 bits per heavy atom. The van der Waals surface area contributed by atoms with Crippen molar-refractivity contribution in [3.05, 3.63) is 29.6 Å². The smallest absolute Gasteiger partial charge is 0.112 e. The minimum Gasteiger partial charge on any atom is -0.392 e. The highest BCUT2D eigenvalue weighted by Gasteiger charge is 1.90. The second-order valence-electron chi connectivity index (χ2n) is 2.93. The number of aromatic nitrogens is 1. The van der Waals surface area contributed by atoms with Gasteiger partial charge in [0.1, 0.15) is 5.69 Å². The van der Waals surface area contributed by atoms with Crippen LogP contribution in [0.5, 0.6) is 0 Å². The van der Waals surface area contributed by atoms with Crippen molar-refractivity contribution in [3.8, 4) is 24.2 Å². The number of aliphatic hydroxyl groups is 1. The monoisotopic (exact) mass is 185 g/mol. The van der Waals surface area contributed by atoms with E-state index in [2.05, 4.69) is 22.7 Å². The Balaban J connectivity index is 2.68. The normalized spacial score (nSPS) is 10.9. The molecule has 0 aliphatic carbocycles. The van der Waals surface area contributed by atoms with Crippen LogP contribution in [0.2, 0.25) is 0 Å². The van der Waals surface area contributed by atoms with Crippen molar-refractivity contribution in [2.75, 3.05) is 0 Å². The predicted molar refractivity (Wildman–Crippen MR) is 55.3 cm³/mol. The Kier molecular flexibility index (Phi) is 3.73. The molecule has 2 heteroatoms. The molecule has 1 N–H and O–H groups in total. The van der Waals surface area contributed by atoms with Crippen LogP contribution in [0.15, 0.2) is 18.3 Å². The number of hydrogen-bond acceptors (Lipinski definition) is 2. The Morgan fingerprint density at radius 2 is 2.36 bits per heavy atom. The number of aliphatic hydroxyl groups excluding tert-OH is 1. The summed E-state index contributed by atoms with van der Waals surface area (Å²) in [7, 11) is 0. The highest BCUT2D eigenvalue weighted by Crippen LogP contribution is 1.97. The van der Waals surface area contributed by atoms with E-state index in [0.717, 1.165) is 5.56 Å². The third-order valence-corrected chi connectivity index (χ3v) is 1.54. The predicted octanol–water partition coefficient (Wildman–Crippen LogP) is 1.19. The van der Waals surface area contributed by atoms with Gasteiger partial charge < -0.3 is 5.11 Å². The van der Waals surface area contributed by atoms with Gasteiger partial charge in [0.2, 0.25) is 0 Å². The summed E-state index contributed by atoms with van der Waals surface area (Å²) in [5.41, 5.74) is 1.41. The molecule has 0 amide bonds. The largest absolute Gasteiger partial charge is 0.392 e. The molecule has 0 saturated carbocycles. The molecule has 0 aromatic carbocycles. The Hall–Kier alpha value is -1.77. The maximum Gasteiger partial charge on any atom is 0.112 e. The highest BCUT2D eigenvalue weighted by atomic mass is 16.3. The minimum atomic E-state index is -0.388. The number of rotatable bonds is 1. The lowest BCUT2D eigenvalue weighted by Gasteiger charge is -1.93. The molecule has 70 valence electrons. The first-order valence-corrected chi connectivity index (χ1v) is 4.32. The quantitative estimate of drug-likeness (QED) is 0.666. The zero-order chi connectivity index (χ0) is 10.4. The van der Waals surface area contributed by atoms with Gasteiger partial charge in [0, 0.05) is 18.2 Å². The van der Waals surface area contributed by atoms with Crippen LogP contribution < -0.4 is 0 Å². The van der Waals surface area contributed by atoms with Gasteiger partial charge in [-0.1, -0.05) is 17.8 Å². The molecular weight excluding hydrogens is 174 g/mol. The van der Waals surface area contributed by atoms with Gasteiger partial charge >= 0.3 is 0 Å². The van der Waals surface area contributed by atoms with Crippen molar-refractivity contribution < 1.29 is 5.11 Å². The number of nitrogens with zero attached hydrogens (tertiary/aromatic N) is 1. The van der Waals surface area contributed by atoms with Crippen molar-refractivity contribution >= 4 is 0 Å². The van der Waals surface area contributed by atoms with Crippen LogP contribution in [0.25, 0.3) is 0 Å². The van der Waals surface area contributed by atoms with E-state index in [0.29, 0.717) is 12.1 Å². The first kappa shape index (κ1) is 10.3. The molecule has 0 aliphatic rings. The van der Waals surface area contributed by atoms with Gasteiger partial charge in [0.05, 0.1) is 6.10 Å². The molecule has 1 unspecified atom stereocenters. The lowest BCUT2D eigenvalue weighted by Crippen LogP contribution is -1.95. The van der Waals surface area contributed by atoms with Gasteiger partial charge in [-0.05, 0) is 19.1 Å². The second kappa shape index (κ2) is 5.07. The summed E-state index contributed by atoms with van der Waals surface area (Å²) in [5, 5.41) is 8.97. The van der Waals surface area contributed by atoms with Crippen LogP contribution in [-0.4, -0.2) is 16.2 Å². The molecule has 1 rings (SSSR count). The lowest BCUT2D eigenvalue weighted by atomic mass is 10.2. The molecule has 0 fully saturated rings. The molecule has 1 aromatic heterocycles. The number of hydrogen-bond donors (Lipinski definition) is 1. The lowest BCUT2D eigenvalue weighted by molar-refractivity contribution is 0.201. The van der Waals surface area contributed by atoms with Gasteiger partial charge in [-0.2, -0.15) is 0 Å². The maximum absolute atomic E-state index is 8.97. The van der Waals surface area contributed by atoms with Gasteiger partial charge in [-0.15, -0.1) is 6.42 Å². The van der Waals surface area contributed by atoms with E-state index in [1.54, 1.807) is 19.2 Å². The third-order valence-electron chi connectivity index (χ3n) is 1.54. The van der Waals surface area contributed by atoms with Crippen LogP contribution in [0.4, 0.5) is 0 Å². The third kappa shape index (κ3) is 3.31. The van der Waals surface area contributed by atoms with Crippen molar-refractivity contribution in [1.29, 1.82) is 0 Å². The maximum atomic E-state index is 8.97. The zero-order valence-electron chi connectivity index (χ0n) is 7.99. The highest BCUT2D eigenvalue weighted by molar-refractivity contribution is 5.35. The summed E-state index contributed by atoms with van der Waals surface area (Å²) in [6.45, 7) is 1.70. The average molecular weight is 185 g/mol. The van der Waals surface area contributed by atoms with Crippen LogP contribution in [0.1, 0.15) is 24.6 Å². The molecule has 0 spiro atoms. The Labute approximate surface area is 84.0 Å². The topological polar surface area (TPSA) is 33.1 Å². The van der Waals surface area contributed by atoms with Gasteiger partial charge in [-0.25, -0.2) is 4.98 Å². The second-order valence-corrected chi connectivity index (χ2v) is 2.93. The van der Waals surface area contributed by atoms with Crippen LogP contribution in [0, 0.1) is 24.2 Å². The zero-order valence-corrected chi connectivity index (χ0v) is 7.99. The molecule has 0 radical (unpaired) electrons. The van der Waals surface area contributed by atoms with Crippen molar-refractivity contribution in [3.63, 3.8) is 0 Å². The SMILES string of the molecule is C#Cc1ccc(C#CCC(C)O)cn1. The van der Waals surface area contributed by atoms with Crippen LogP contribution in [-0.2, 0) is 0 Å². The van der Waals surface area contributed by atoms with E-state index in [-0.39, 0.29) is 6.10 Å². The summed E-state index contributed by atoms with van der Waals surface area (Å²) < 4.78 is 0. The van der Waals surface area contributed by atoms with Gasteiger partial charge in [0.15, 0.2) is 0 Å². The molecule has 0 bridgehead atoms. The first-order valence-electron chi connectivity index (χ1n) is 4.32. The number of terminal acetylenes is 1. The average Bonchev–Trinajstić information content (AvgIpc) is 2.18. The molecular formula is C12H11NO. The van der Waals surface area contributed by atoms with Crippen molar-refractivity contribution in [2.45, 2.75) is 19.4 Å². The van der Waals surface area contributed by atoms with Crippen molar-refractivity contribution in [2.24, 2.45) is 0 Å². The van der Waals surface area contributed by atoms with Crippen LogP contribution >= 0.6 is 0 Å². The Morgan fingerprint density at radius 1 is 1.57 bits per heavy atom. The van der Waals surface area contributed by atoms with E-state index >= 15 is 0 Å². The molecule has 1 aromatic rings. The van der Waals surface area contributed by atoms with Gasteiger partial charge in [-0.3, -0.25) is 0 Å². The first-order chi connectivity index (χ1) is 6.72. The van der Waals surface area contributed by atoms with E-state index in [9.17, 15) is 0 Å². The molecule has 1 heterocycles. The molecule has 0 saturated heterocycles. The fraction of sp³-hybridized carbons (Fsp3) is 0.250. The van der Waals surface area contributed by atoms with Crippen molar-refractivity contribution in [1.82, 2.24) is 4.98 Å². The summed E-state index contributed by atoms with van der Waals surface area (Å²) in [6.07, 6.45) is 6.87. The fourth-order valence-corrected chi connectivity index (χ4v) is 0.854. The summed E-state index contributed by atoms with van der Waals surface area (Å²) in [6, 6.07) is 3.56. The summed E-state index contributed by atoms with van der Waals surface area (Å²) in [5.74, 6) is 8.16. The van der Waals surface area contributed by atoms with E-state index < -0.39 is 0 Å². The molecule has 0 aliphatic heterocycles. The van der Waals surface area contributed by atoms with Crippen LogP contribution in [0.3, 0.4) is 0 Å². The molecule has 1 atom stereocenters. The minimum absolute atomic E-state index is 0.388. The van der Waals surface area contributed by atoms with E-state index in [1.165, 1.54) is 0 Å². The summed E-state index contributed by atoms with van der Waals surface area (Å²) >= 11 is 0. The Bertz CT molecular complexity index is 387. The number of pyridine rings is 1. The summed E-state index contributed by atoms with van der Waals surface area (Å²) in [4.78, 5) is 3.99. The van der Waals surface area contributed by atoms with E-state index in [4.69, 9.17) is 11.5 Å². The fourth-order valence-electron chi connectivity index (χ4n) is 0.854. The molecule has 2 nitrogen and oxygen atoms in total. The van der Waals surface area contributed by atoms with E-state index in [1.807, 2.05) is 6.07 Å². The molecule has 14 heavy (non-hydrogen) atoms. The van der Waals surface area contributed by atoms with Gasteiger partial charge in [0.25, 0.3) is 0 Å². The standard InChI is InChI=1S/C12H11NO/c1-3-12-8-7-11(9-13-12)6-4-5-10(2)14/h1,7-10,14H,5H2,2H3.